The van der Waals surface area contributed by atoms with Crippen molar-refractivity contribution in [2.45, 2.75) is 30.1 Å². The normalized spacial score (nSPS) is 19.4. The zero-order valence-corrected chi connectivity index (χ0v) is 19.2. The van der Waals surface area contributed by atoms with Crippen molar-refractivity contribution in [3.8, 4) is 0 Å². The molecule has 7 nitrogen and oxygen atoms in total. The van der Waals surface area contributed by atoms with E-state index in [1.165, 1.54) is 15.9 Å². The van der Waals surface area contributed by atoms with Gasteiger partial charge in [-0.25, -0.2) is 8.42 Å². The monoisotopic (exact) mass is 458 g/mol. The summed E-state index contributed by atoms with van der Waals surface area (Å²) in [5, 5.41) is 3.08. The van der Waals surface area contributed by atoms with Crippen LogP contribution in [0.2, 0.25) is 0 Å². The summed E-state index contributed by atoms with van der Waals surface area (Å²) in [5.41, 5.74) is 2.11. The number of rotatable bonds is 6. The van der Waals surface area contributed by atoms with Crippen LogP contribution < -0.4 is 5.32 Å². The van der Waals surface area contributed by atoms with E-state index in [2.05, 4.69) is 17.4 Å². The average molecular weight is 459 g/mol. The van der Waals surface area contributed by atoms with Crippen LogP contribution in [0.1, 0.15) is 34.3 Å². The molecule has 172 valence electrons. The molecule has 0 aromatic heterocycles. The first kappa shape index (κ1) is 22.9. The Bertz CT molecular complexity index is 1040. The largest absolute Gasteiger partial charge is 0.381 e. The molecule has 1 amide bonds. The van der Waals surface area contributed by atoms with E-state index in [-0.39, 0.29) is 16.2 Å². The molecule has 0 unspecified atom stereocenters. The predicted molar refractivity (Wildman–Crippen MR) is 121 cm³/mol. The number of morpholine rings is 1. The first-order valence-corrected chi connectivity index (χ1v) is 12.5. The van der Waals surface area contributed by atoms with Gasteiger partial charge in [0, 0.05) is 43.8 Å². The maximum absolute atomic E-state index is 13.2. The highest BCUT2D eigenvalue weighted by Gasteiger charge is 2.35. The van der Waals surface area contributed by atoms with Gasteiger partial charge in [0.05, 0.1) is 18.1 Å². The molecule has 2 saturated heterocycles. The summed E-state index contributed by atoms with van der Waals surface area (Å²) in [4.78, 5) is 13.3. The standard InChI is InChI=1S/C24H30N2O5S/c1-19-7-8-21(32(28,29)26-11-15-31-16-12-26)17-22(19)23(27)25-18-24(9-13-30-14-10-24)20-5-3-2-4-6-20/h2-8,17H,9-16,18H2,1H3,(H,25,27). The summed E-state index contributed by atoms with van der Waals surface area (Å²) < 4.78 is 38.3. The third kappa shape index (κ3) is 4.73. The fourth-order valence-corrected chi connectivity index (χ4v) is 5.84. The van der Waals surface area contributed by atoms with Crippen LogP contribution in [0, 0.1) is 6.92 Å². The molecule has 2 fully saturated rings. The van der Waals surface area contributed by atoms with Crippen molar-refractivity contribution in [2.75, 3.05) is 46.1 Å². The van der Waals surface area contributed by atoms with Gasteiger partial charge in [0.1, 0.15) is 0 Å². The van der Waals surface area contributed by atoms with Gasteiger partial charge in [-0.1, -0.05) is 36.4 Å². The Morgan fingerprint density at radius 1 is 1.00 bits per heavy atom. The second-order valence-corrected chi connectivity index (χ2v) is 10.4. The zero-order chi connectivity index (χ0) is 22.6. The minimum atomic E-state index is -3.67. The Morgan fingerprint density at radius 3 is 2.34 bits per heavy atom. The van der Waals surface area contributed by atoms with Gasteiger partial charge in [-0.2, -0.15) is 4.31 Å². The minimum absolute atomic E-state index is 0.138. The van der Waals surface area contributed by atoms with Crippen molar-refractivity contribution in [2.24, 2.45) is 0 Å². The topological polar surface area (TPSA) is 84.9 Å². The molecule has 2 aliphatic heterocycles. The average Bonchev–Trinajstić information content (AvgIpc) is 2.84. The van der Waals surface area contributed by atoms with Gasteiger partial charge in [-0.15, -0.1) is 0 Å². The van der Waals surface area contributed by atoms with E-state index in [0.717, 1.165) is 18.4 Å². The Kier molecular flexibility index (Phi) is 6.95. The molecule has 2 heterocycles. The first-order chi connectivity index (χ1) is 15.4. The number of hydrogen-bond acceptors (Lipinski definition) is 5. The molecule has 2 aromatic carbocycles. The number of hydrogen-bond donors (Lipinski definition) is 1. The second kappa shape index (κ2) is 9.70. The molecule has 0 radical (unpaired) electrons. The van der Waals surface area contributed by atoms with Crippen molar-refractivity contribution in [3.05, 3.63) is 65.2 Å². The molecule has 0 aliphatic carbocycles. The van der Waals surface area contributed by atoms with Gasteiger partial charge < -0.3 is 14.8 Å². The summed E-state index contributed by atoms with van der Waals surface area (Å²) in [6.45, 7) is 4.99. The molecule has 0 atom stereocenters. The molecule has 4 rings (SSSR count). The van der Waals surface area contributed by atoms with Gasteiger partial charge in [0.25, 0.3) is 5.91 Å². The number of ether oxygens (including phenoxy) is 2. The highest BCUT2D eigenvalue weighted by molar-refractivity contribution is 7.89. The van der Waals surface area contributed by atoms with Gasteiger partial charge >= 0.3 is 0 Å². The lowest BCUT2D eigenvalue weighted by Crippen LogP contribution is -2.44. The highest BCUT2D eigenvalue weighted by Crippen LogP contribution is 2.34. The van der Waals surface area contributed by atoms with Crippen LogP contribution >= 0.6 is 0 Å². The van der Waals surface area contributed by atoms with Gasteiger partial charge in [-0.05, 0) is 43.0 Å². The zero-order valence-electron chi connectivity index (χ0n) is 18.4. The fourth-order valence-electron chi connectivity index (χ4n) is 4.41. The third-order valence-electron chi connectivity index (χ3n) is 6.48. The molecular weight excluding hydrogens is 428 g/mol. The molecule has 8 heteroatoms. The van der Waals surface area contributed by atoms with Crippen LogP contribution in [-0.4, -0.2) is 64.7 Å². The maximum Gasteiger partial charge on any atom is 0.251 e. The van der Waals surface area contributed by atoms with Crippen LogP contribution in [0.3, 0.4) is 0 Å². The number of nitrogens with zero attached hydrogens (tertiary/aromatic N) is 1. The molecule has 32 heavy (non-hydrogen) atoms. The van der Waals surface area contributed by atoms with Crippen molar-refractivity contribution in [1.29, 1.82) is 0 Å². The van der Waals surface area contributed by atoms with Gasteiger partial charge in [-0.3, -0.25) is 4.79 Å². The highest BCUT2D eigenvalue weighted by atomic mass is 32.2. The van der Waals surface area contributed by atoms with Crippen LogP contribution in [0.25, 0.3) is 0 Å². The lowest BCUT2D eigenvalue weighted by Gasteiger charge is -2.38. The Labute approximate surface area is 189 Å². The van der Waals surface area contributed by atoms with Crippen LogP contribution in [0.15, 0.2) is 53.4 Å². The molecule has 2 aliphatic rings. The number of sulfonamides is 1. The summed E-state index contributed by atoms with van der Waals surface area (Å²) in [5.74, 6) is -0.261. The van der Waals surface area contributed by atoms with Crippen molar-refractivity contribution in [3.63, 3.8) is 0 Å². The lowest BCUT2D eigenvalue weighted by molar-refractivity contribution is 0.0487. The van der Waals surface area contributed by atoms with Crippen LogP contribution in [0.5, 0.6) is 0 Å². The van der Waals surface area contributed by atoms with E-state index in [1.807, 2.05) is 25.1 Å². The van der Waals surface area contributed by atoms with E-state index in [1.54, 1.807) is 12.1 Å². The van der Waals surface area contributed by atoms with E-state index in [4.69, 9.17) is 9.47 Å². The van der Waals surface area contributed by atoms with E-state index < -0.39 is 10.0 Å². The van der Waals surface area contributed by atoms with Crippen molar-refractivity contribution < 1.29 is 22.7 Å². The number of nitrogens with one attached hydrogen (secondary N) is 1. The molecule has 0 bridgehead atoms. The summed E-state index contributed by atoms with van der Waals surface area (Å²) in [6, 6.07) is 15.0. The Hall–Kier alpha value is -2.26. The minimum Gasteiger partial charge on any atom is -0.381 e. The van der Waals surface area contributed by atoms with Crippen molar-refractivity contribution in [1.82, 2.24) is 9.62 Å². The Morgan fingerprint density at radius 2 is 1.66 bits per heavy atom. The lowest BCUT2D eigenvalue weighted by atomic mass is 9.74. The van der Waals surface area contributed by atoms with E-state index in [9.17, 15) is 13.2 Å². The smallest absolute Gasteiger partial charge is 0.251 e. The number of aryl methyl sites for hydroxylation is 1. The molecule has 1 N–H and O–H groups in total. The van der Waals surface area contributed by atoms with E-state index in [0.29, 0.717) is 51.6 Å². The number of amides is 1. The molecular formula is C24H30N2O5S. The molecule has 0 saturated carbocycles. The maximum atomic E-state index is 13.2. The van der Waals surface area contributed by atoms with Gasteiger partial charge in [0.15, 0.2) is 0 Å². The second-order valence-electron chi connectivity index (χ2n) is 8.43. The van der Waals surface area contributed by atoms with E-state index >= 15 is 0 Å². The molecule has 2 aromatic rings. The fraction of sp³-hybridized carbons (Fsp3) is 0.458. The first-order valence-electron chi connectivity index (χ1n) is 11.0. The third-order valence-corrected chi connectivity index (χ3v) is 8.38. The predicted octanol–water partition coefficient (Wildman–Crippen LogP) is 2.49. The SMILES string of the molecule is Cc1ccc(S(=O)(=O)N2CCOCC2)cc1C(=O)NCC1(c2ccccc2)CCOCC1. The van der Waals surface area contributed by atoms with Crippen LogP contribution in [-0.2, 0) is 24.9 Å². The quantitative estimate of drug-likeness (QED) is 0.719. The van der Waals surface area contributed by atoms with Crippen LogP contribution in [0.4, 0.5) is 0 Å². The summed E-state index contributed by atoms with van der Waals surface area (Å²) in [6.07, 6.45) is 1.64. The molecule has 0 spiro atoms. The summed E-state index contributed by atoms with van der Waals surface area (Å²) in [7, 11) is -3.67. The number of carbonyl (C=O) groups excluding carboxylic acids is 1. The number of benzene rings is 2. The Balaban J connectivity index is 1.55. The summed E-state index contributed by atoms with van der Waals surface area (Å²) >= 11 is 0. The van der Waals surface area contributed by atoms with Gasteiger partial charge in [0.2, 0.25) is 10.0 Å². The number of carbonyl (C=O) groups is 1. The van der Waals surface area contributed by atoms with Crippen molar-refractivity contribution >= 4 is 15.9 Å².